The number of hydrogen-bond acceptors (Lipinski definition) is 13. The van der Waals surface area contributed by atoms with Crippen molar-refractivity contribution in [3.8, 4) is 22.8 Å². The van der Waals surface area contributed by atoms with Gasteiger partial charge in [0.2, 0.25) is 0 Å². The molecule has 67 heavy (non-hydrogen) atoms. The molecule has 0 radical (unpaired) electrons. The summed E-state index contributed by atoms with van der Waals surface area (Å²) < 4.78 is 44.2. The van der Waals surface area contributed by atoms with Gasteiger partial charge < -0.3 is 37.0 Å². The molecular weight excluding hydrogens is 912 g/mol. The van der Waals surface area contributed by atoms with Gasteiger partial charge in [0.15, 0.2) is 11.6 Å². The molecule has 6 aromatic rings. The largest absolute Gasteiger partial charge is 0.478 e. The van der Waals surface area contributed by atoms with Crippen molar-refractivity contribution in [3.63, 3.8) is 0 Å². The molecule has 1 amide bonds. The van der Waals surface area contributed by atoms with E-state index in [0.717, 1.165) is 11.1 Å². The average Bonchev–Trinajstić information content (AvgIpc) is 3.27. The van der Waals surface area contributed by atoms with Gasteiger partial charge in [-0.05, 0) is 73.2 Å². The summed E-state index contributed by atoms with van der Waals surface area (Å²) in [5, 5.41) is 36.7. The summed E-state index contributed by atoms with van der Waals surface area (Å²) >= 11 is 12.0. The highest BCUT2D eigenvalue weighted by molar-refractivity contribution is 6.31. The molecule has 0 spiro atoms. The number of nitrogens with zero attached hydrogens (tertiary/aromatic N) is 6. The Labute approximate surface area is 398 Å². The number of aromatic nitrogens is 6. The van der Waals surface area contributed by atoms with Gasteiger partial charge in [-0.15, -0.1) is 0 Å². The number of alkyl halides is 1. The molecule has 8 N–H and O–H groups in total. The predicted molar refractivity (Wildman–Crippen MR) is 256 cm³/mol. The number of carboxylic acids is 1. The highest BCUT2D eigenvalue weighted by Gasteiger charge is 2.25. The standard InChI is InChI=1S/C23H25ClFN5O2.C20H18ClFN4O2.C3H9NO.CH3F/c1-13(31)10-28-22(32)16-11-26-8-7-19(16)29-21-17(23(2,3)4)12-27-20(30-21)15-9-14(24)5-6-18(15)25;1-20(2,3)14-10-24-17(12-8-11(21)4-5-15(12)22)26-18(14)25-16-6-7-23-9-13(16)19(27)28;1-3(5)2-4;1-2/h5-9,11-13,31H,10H2,1-4H3,(H,28,32)(H,26,27,29,30);4-10H,1-3H3,(H,27,28)(H,23,24,25,26);3,5H,2,4H2,1H3;1H3/t13-;;3-;/m0.0./s1/i;;;1D. The fourth-order valence-electron chi connectivity index (χ4n) is 5.60. The van der Waals surface area contributed by atoms with Gasteiger partial charge in [-0.3, -0.25) is 19.2 Å². The number of aliphatic hydroxyl groups is 2. The van der Waals surface area contributed by atoms with Crippen LogP contribution < -0.4 is 21.7 Å². The van der Waals surface area contributed by atoms with Crippen LogP contribution in [0, 0.1) is 11.6 Å². The highest BCUT2D eigenvalue weighted by atomic mass is 35.5. The molecule has 0 aliphatic rings. The zero-order valence-corrected chi connectivity index (χ0v) is 39.7. The Kier molecular flexibility index (Phi) is 19.9. The van der Waals surface area contributed by atoms with Gasteiger partial charge in [0.1, 0.15) is 28.8 Å². The number of aromatic carboxylic acids is 1. The van der Waals surface area contributed by atoms with Crippen molar-refractivity contribution in [2.75, 3.05) is 30.9 Å². The van der Waals surface area contributed by atoms with Crippen LogP contribution in [-0.4, -0.2) is 89.6 Å². The van der Waals surface area contributed by atoms with Crippen molar-refractivity contribution < 1.29 is 39.5 Å². The smallest absolute Gasteiger partial charge is 0.339 e. The number of halogens is 5. The number of hydrogen-bond donors (Lipinski definition) is 7. The number of aliphatic hydroxyl groups excluding tert-OH is 2. The molecule has 15 nitrogen and oxygen atoms in total. The summed E-state index contributed by atoms with van der Waals surface area (Å²) in [5.41, 5.74) is 7.15. The molecule has 20 heteroatoms. The quantitative estimate of drug-likeness (QED) is 0.0641. The number of anilines is 4. The topological polar surface area (TPSA) is 234 Å². The van der Waals surface area contributed by atoms with Crippen LogP contribution in [0.5, 0.6) is 0 Å². The van der Waals surface area contributed by atoms with Crippen LogP contribution in [0.4, 0.5) is 36.2 Å². The lowest BCUT2D eigenvalue weighted by atomic mass is 9.88. The second-order valence-corrected chi connectivity index (χ2v) is 17.6. The van der Waals surface area contributed by atoms with Gasteiger partial charge >= 0.3 is 5.97 Å². The maximum Gasteiger partial charge on any atom is 0.339 e. The fraction of sp³-hybridized carbons (Fsp3) is 0.319. The lowest BCUT2D eigenvalue weighted by molar-refractivity contribution is 0.0697. The van der Waals surface area contributed by atoms with Gasteiger partial charge in [-0.2, -0.15) is 0 Å². The third-order valence-corrected chi connectivity index (χ3v) is 9.52. The van der Waals surface area contributed by atoms with Crippen molar-refractivity contribution >= 4 is 58.1 Å². The van der Waals surface area contributed by atoms with E-state index in [1.807, 2.05) is 41.5 Å². The summed E-state index contributed by atoms with van der Waals surface area (Å²) in [5.74, 6) is -1.41. The van der Waals surface area contributed by atoms with Crippen LogP contribution in [-0.2, 0) is 10.8 Å². The molecule has 358 valence electrons. The molecule has 4 heterocycles. The van der Waals surface area contributed by atoms with E-state index in [4.69, 9.17) is 35.4 Å². The molecule has 2 aromatic carbocycles. The third-order valence-electron chi connectivity index (χ3n) is 9.05. The van der Waals surface area contributed by atoms with Crippen LogP contribution in [0.3, 0.4) is 0 Å². The second-order valence-electron chi connectivity index (χ2n) is 16.7. The van der Waals surface area contributed by atoms with Crippen molar-refractivity contribution in [3.05, 3.63) is 130 Å². The molecule has 6 rings (SSSR count). The lowest BCUT2D eigenvalue weighted by Gasteiger charge is -2.23. The Hall–Kier alpha value is -6.31. The lowest BCUT2D eigenvalue weighted by Crippen LogP contribution is -2.31. The zero-order valence-electron chi connectivity index (χ0n) is 39.2. The van der Waals surface area contributed by atoms with E-state index in [2.05, 4.69) is 45.9 Å². The Bertz CT molecular complexity index is 2640. The van der Waals surface area contributed by atoms with Crippen LogP contribution in [0.25, 0.3) is 22.8 Å². The number of rotatable bonds is 11. The first-order valence-electron chi connectivity index (χ1n) is 21.1. The van der Waals surface area contributed by atoms with E-state index in [0.29, 0.717) is 39.6 Å². The minimum atomic E-state index is -1.12. The van der Waals surface area contributed by atoms with E-state index in [1.54, 1.807) is 38.5 Å². The summed E-state index contributed by atoms with van der Waals surface area (Å²) in [6.07, 6.45) is 7.92. The van der Waals surface area contributed by atoms with Crippen molar-refractivity contribution in [1.82, 2.24) is 35.2 Å². The van der Waals surface area contributed by atoms with Gasteiger partial charge in [0.25, 0.3) is 5.91 Å². The average molecular weight is 969 g/mol. The molecule has 0 saturated heterocycles. The minimum absolute atomic E-state index is 0.00328. The number of pyridine rings is 2. The highest BCUT2D eigenvalue weighted by Crippen LogP contribution is 2.35. The van der Waals surface area contributed by atoms with Crippen molar-refractivity contribution in [2.24, 2.45) is 5.73 Å². The molecule has 2 atom stereocenters. The first kappa shape index (κ1) is 53.3. The fourth-order valence-corrected chi connectivity index (χ4v) is 5.94. The van der Waals surface area contributed by atoms with Gasteiger partial charge in [-0.1, -0.05) is 64.7 Å². The molecule has 0 bridgehead atoms. The van der Waals surface area contributed by atoms with Crippen molar-refractivity contribution in [2.45, 2.75) is 78.4 Å². The van der Waals surface area contributed by atoms with Crippen LogP contribution >= 0.6 is 23.2 Å². The van der Waals surface area contributed by atoms with E-state index in [-0.39, 0.29) is 57.4 Å². The Morgan fingerprint density at radius 1 is 0.731 bits per heavy atom. The number of nitrogens with two attached hydrogens (primary N) is 1. The number of amides is 1. The summed E-state index contributed by atoms with van der Waals surface area (Å²) in [4.78, 5) is 49.7. The first-order chi connectivity index (χ1) is 31.9. The zero-order chi connectivity index (χ0) is 50.9. The number of carbonyl (C=O) groups is 2. The molecule has 0 fully saturated rings. The summed E-state index contributed by atoms with van der Waals surface area (Å²) in [6.45, 7) is 15.6. The van der Waals surface area contributed by atoms with E-state index < -0.39 is 36.8 Å². The van der Waals surface area contributed by atoms with Gasteiger partial charge in [0.05, 0.1) is 48.8 Å². The number of carbonyl (C=O) groups excluding carboxylic acids is 1. The van der Waals surface area contributed by atoms with Crippen molar-refractivity contribution in [1.29, 1.82) is 0 Å². The number of benzene rings is 2. The Balaban J connectivity index is 0.000000313. The molecule has 0 aliphatic carbocycles. The normalized spacial score (nSPS) is 12.0. The maximum atomic E-state index is 14.4. The monoisotopic (exact) mass is 967 g/mol. The van der Waals surface area contributed by atoms with E-state index in [1.165, 1.54) is 61.1 Å². The first-order valence-corrected chi connectivity index (χ1v) is 21.2. The third kappa shape index (κ3) is 16.2. The van der Waals surface area contributed by atoms with Crippen LogP contribution in [0.2, 0.25) is 10.0 Å². The number of nitrogens with one attached hydrogen (secondary N) is 3. The molecule has 0 unspecified atom stereocenters. The molecule has 0 saturated carbocycles. The molecule has 4 aromatic heterocycles. The van der Waals surface area contributed by atoms with Gasteiger partial charge in [-0.25, -0.2) is 33.5 Å². The summed E-state index contributed by atoms with van der Waals surface area (Å²) in [6, 6.07) is 11.5. The molecular formula is C47H55Cl2F3N10O5. The molecule has 0 aliphatic heterocycles. The second kappa shape index (κ2) is 25.0. The number of carboxylic acid groups (broad SMARTS) is 1. The Morgan fingerprint density at radius 2 is 1.13 bits per heavy atom. The van der Waals surface area contributed by atoms with E-state index >= 15 is 0 Å². The van der Waals surface area contributed by atoms with Gasteiger partial charge in [0, 0.05) is 71.4 Å². The minimum Gasteiger partial charge on any atom is -0.478 e. The predicted octanol–water partition coefficient (Wildman–Crippen LogP) is 9.46. The van der Waals surface area contributed by atoms with Crippen LogP contribution in [0.1, 0.15) is 88.6 Å². The maximum absolute atomic E-state index is 14.4. The SMILES string of the molecule is CC(C)(C)c1cnc(-c2cc(Cl)ccc2F)nc1Nc1ccncc1C(=O)O.C[C@H](O)CN.C[C@H](O)CNC(=O)c1cnccc1Nc1nc(-c2cc(Cl)ccc2F)ncc1C(C)(C)C.[2H]CF. The Morgan fingerprint density at radius 3 is 1.51 bits per heavy atom. The van der Waals surface area contributed by atoms with E-state index in [9.17, 15) is 33.0 Å². The van der Waals surface area contributed by atoms with Crippen LogP contribution in [0.15, 0.2) is 85.7 Å². The summed E-state index contributed by atoms with van der Waals surface area (Å²) in [7, 11) is -1.00.